The lowest BCUT2D eigenvalue weighted by Gasteiger charge is -2.06. The zero-order valence-corrected chi connectivity index (χ0v) is 14.6. The summed E-state index contributed by atoms with van der Waals surface area (Å²) in [6.07, 6.45) is 1.72. The maximum atomic E-state index is 11.1. The van der Waals surface area contributed by atoms with Gasteiger partial charge in [-0.3, -0.25) is 4.68 Å². The van der Waals surface area contributed by atoms with Gasteiger partial charge in [-0.2, -0.15) is 5.10 Å². The molecule has 25 heavy (non-hydrogen) atoms. The highest BCUT2D eigenvalue weighted by atomic mass is 35.5. The van der Waals surface area contributed by atoms with E-state index in [4.69, 9.17) is 21.1 Å². The number of furan rings is 1. The molecule has 0 spiro atoms. The summed E-state index contributed by atoms with van der Waals surface area (Å²) < 4.78 is 7.62. The molecule has 6 nitrogen and oxygen atoms in total. The first-order chi connectivity index (χ1) is 12.0. The van der Waals surface area contributed by atoms with Crippen LogP contribution in [0.25, 0.3) is 21.7 Å². The molecule has 0 atom stereocenters. The van der Waals surface area contributed by atoms with E-state index < -0.39 is 5.97 Å². The van der Waals surface area contributed by atoms with Crippen molar-refractivity contribution in [2.45, 2.75) is 13.5 Å². The van der Waals surface area contributed by atoms with Crippen LogP contribution in [-0.2, 0) is 6.54 Å². The molecule has 126 valence electrons. The number of rotatable bonds is 4. The number of aromatic nitrogens is 3. The average Bonchev–Trinajstić information content (AvgIpc) is 3.26. The minimum absolute atomic E-state index is 0.0127. The Bertz CT molecular complexity index is 1080. The van der Waals surface area contributed by atoms with E-state index >= 15 is 0 Å². The third kappa shape index (κ3) is 2.92. The van der Waals surface area contributed by atoms with Crippen LogP contribution in [0.3, 0.4) is 0 Å². The summed E-state index contributed by atoms with van der Waals surface area (Å²) in [6, 6.07) is 7.08. The van der Waals surface area contributed by atoms with Crippen molar-refractivity contribution in [3.63, 3.8) is 0 Å². The third-order valence-corrected chi connectivity index (χ3v) is 4.83. The molecule has 0 saturated heterocycles. The Balaban J connectivity index is 1.80. The number of aryl methyl sites for hydroxylation is 1. The Morgan fingerprint density at radius 2 is 2.20 bits per heavy atom. The van der Waals surface area contributed by atoms with E-state index in [0.29, 0.717) is 22.9 Å². The monoisotopic (exact) mass is 373 g/mol. The fraction of sp³-hybridized carbons (Fsp3) is 0.118. The van der Waals surface area contributed by atoms with Gasteiger partial charge in [0.1, 0.15) is 5.58 Å². The van der Waals surface area contributed by atoms with Gasteiger partial charge >= 0.3 is 5.97 Å². The Kier molecular flexibility index (Phi) is 3.82. The molecule has 0 aliphatic carbocycles. The van der Waals surface area contributed by atoms with Gasteiger partial charge in [-0.25, -0.2) is 9.78 Å². The normalized spacial score (nSPS) is 11.3. The number of hydrogen-bond donors (Lipinski definition) is 1. The van der Waals surface area contributed by atoms with Crippen molar-refractivity contribution >= 4 is 39.9 Å². The molecule has 0 aliphatic heterocycles. The molecule has 3 heterocycles. The van der Waals surface area contributed by atoms with E-state index in [1.807, 2.05) is 24.4 Å². The fourth-order valence-electron chi connectivity index (χ4n) is 2.69. The Labute approximate surface area is 151 Å². The van der Waals surface area contributed by atoms with E-state index in [2.05, 4.69) is 10.1 Å². The third-order valence-electron chi connectivity index (χ3n) is 3.82. The number of nitrogens with zero attached hydrogens (tertiary/aromatic N) is 3. The molecule has 0 saturated carbocycles. The van der Waals surface area contributed by atoms with E-state index in [1.165, 1.54) is 17.4 Å². The summed E-state index contributed by atoms with van der Waals surface area (Å²) >= 11 is 7.73. The average molecular weight is 374 g/mol. The lowest BCUT2D eigenvalue weighted by Crippen LogP contribution is -2.06. The molecule has 4 rings (SSSR count). The van der Waals surface area contributed by atoms with Crippen molar-refractivity contribution in [3.8, 4) is 10.8 Å². The van der Waals surface area contributed by atoms with Crippen molar-refractivity contribution in [2.24, 2.45) is 0 Å². The second-order valence-corrected chi connectivity index (χ2v) is 6.90. The molecule has 0 amide bonds. The Hall–Kier alpha value is -2.64. The molecule has 1 aromatic carbocycles. The van der Waals surface area contributed by atoms with Gasteiger partial charge in [-0.1, -0.05) is 11.6 Å². The zero-order valence-electron chi connectivity index (χ0n) is 13.1. The SMILES string of the molecule is Cc1cc(C(=O)O)nn1Cc1cc(Cl)cc2cc(-c3nccs3)oc12. The quantitative estimate of drug-likeness (QED) is 0.571. The summed E-state index contributed by atoms with van der Waals surface area (Å²) in [5.74, 6) is -0.376. The van der Waals surface area contributed by atoms with E-state index in [0.717, 1.165) is 21.7 Å². The van der Waals surface area contributed by atoms with Crippen molar-refractivity contribution in [1.29, 1.82) is 0 Å². The van der Waals surface area contributed by atoms with Crippen molar-refractivity contribution in [3.05, 3.63) is 57.8 Å². The number of aromatic carboxylic acids is 1. The summed E-state index contributed by atoms with van der Waals surface area (Å²) in [5.41, 5.74) is 2.28. The molecule has 8 heteroatoms. The van der Waals surface area contributed by atoms with E-state index in [1.54, 1.807) is 16.9 Å². The number of hydrogen-bond acceptors (Lipinski definition) is 5. The largest absolute Gasteiger partial charge is 0.476 e. The van der Waals surface area contributed by atoms with Crippen LogP contribution in [-0.4, -0.2) is 25.8 Å². The molecule has 3 aromatic heterocycles. The summed E-state index contributed by atoms with van der Waals surface area (Å²) in [4.78, 5) is 15.4. The molecular formula is C17H12ClN3O3S. The number of halogens is 1. The highest BCUT2D eigenvalue weighted by Crippen LogP contribution is 2.33. The molecule has 0 fully saturated rings. The highest BCUT2D eigenvalue weighted by Gasteiger charge is 2.16. The number of carbonyl (C=O) groups is 1. The first-order valence-electron chi connectivity index (χ1n) is 7.41. The molecule has 4 aromatic rings. The van der Waals surface area contributed by atoms with Gasteiger partial charge in [0.05, 0.1) is 6.54 Å². The minimum Gasteiger partial charge on any atom is -0.476 e. The predicted molar refractivity (Wildman–Crippen MR) is 95.4 cm³/mol. The van der Waals surface area contributed by atoms with Crippen LogP contribution < -0.4 is 0 Å². The first kappa shape index (κ1) is 15.9. The van der Waals surface area contributed by atoms with Crippen LogP contribution in [0.4, 0.5) is 0 Å². The molecule has 0 bridgehead atoms. The Morgan fingerprint density at radius 1 is 1.36 bits per heavy atom. The summed E-state index contributed by atoms with van der Waals surface area (Å²) in [6.45, 7) is 2.17. The van der Waals surface area contributed by atoms with Gasteiger partial charge in [0, 0.05) is 33.2 Å². The van der Waals surface area contributed by atoms with Crippen LogP contribution in [0.5, 0.6) is 0 Å². The topological polar surface area (TPSA) is 81.1 Å². The van der Waals surface area contributed by atoms with Crippen molar-refractivity contribution in [2.75, 3.05) is 0 Å². The number of benzene rings is 1. The van der Waals surface area contributed by atoms with Crippen LogP contribution in [0.2, 0.25) is 5.02 Å². The lowest BCUT2D eigenvalue weighted by atomic mass is 10.1. The second-order valence-electron chi connectivity index (χ2n) is 5.56. The maximum Gasteiger partial charge on any atom is 0.356 e. The minimum atomic E-state index is -1.05. The molecule has 0 unspecified atom stereocenters. The van der Waals surface area contributed by atoms with Crippen LogP contribution >= 0.6 is 22.9 Å². The smallest absolute Gasteiger partial charge is 0.356 e. The van der Waals surface area contributed by atoms with Crippen LogP contribution in [0.1, 0.15) is 21.7 Å². The first-order valence-corrected chi connectivity index (χ1v) is 8.66. The van der Waals surface area contributed by atoms with E-state index in [-0.39, 0.29) is 5.69 Å². The fourth-order valence-corrected chi connectivity index (χ4v) is 3.53. The standard InChI is InChI=1S/C17H12ClN3O3S/c1-9-4-13(17(22)23)20-21(9)8-11-6-12(18)5-10-7-14(24-15(10)11)16-19-2-3-25-16/h2-7H,8H2,1H3,(H,22,23). The zero-order chi connectivity index (χ0) is 17.6. The maximum absolute atomic E-state index is 11.1. The van der Waals surface area contributed by atoms with Gasteiger partial charge in [-0.15, -0.1) is 11.3 Å². The van der Waals surface area contributed by atoms with Gasteiger partial charge in [-0.05, 0) is 31.2 Å². The number of carboxylic acids is 1. The second kappa shape index (κ2) is 6.02. The molecule has 0 radical (unpaired) electrons. The molecule has 1 N–H and O–H groups in total. The van der Waals surface area contributed by atoms with Gasteiger partial charge in [0.15, 0.2) is 16.5 Å². The van der Waals surface area contributed by atoms with Crippen molar-refractivity contribution in [1.82, 2.24) is 14.8 Å². The molecule has 0 aliphatic rings. The summed E-state index contributed by atoms with van der Waals surface area (Å²) in [7, 11) is 0. The van der Waals surface area contributed by atoms with Crippen molar-refractivity contribution < 1.29 is 14.3 Å². The highest BCUT2D eigenvalue weighted by molar-refractivity contribution is 7.13. The van der Waals surface area contributed by atoms with Gasteiger partial charge in [0.2, 0.25) is 0 Å². The molecular weight excluding hydrogens is 362 g/mol. The van der Waals surface area contributed by atoms with E-state index in [9.17, 15) is 4.79 Å². The number of carboxylic acid groups (broad SMARTS) is 1. The summed E-state index contributed by atoms with van der Waals surface area (Å²) in [5, 5.41) is 17.3. The lowest BCUT2D eigenvalue weighted by molar-refractivity contribution is 0.0689. The van der Waals surface area contributed by atoms with Crippen LogP contribution in [0.15, 0.2) is 40.3 Å². The Morgan fingerprint density at radius 3 is 2.88 bits per heavy atom. The van der Waals surface area contributed by atoms with Crippen LogP contribution in [0, 0.1) is 6.92 Å². The van der Waals surface area contributed by atoms with Gasteiger partial charge < -0.3 is 9.52 Å². The number of thiazole rings is 1. The number of fused-ring (bicyclic) bond motifs is 1. The predicted octanol–water partition coefficient (Wildman–Crippen LogP) is 4.46. The van der Waals surface area contributed by atoms with Gasteiger partial charge in [0.25, 0.3) is 0 Å².